The molecule has 0 heterocycles. The van der Waals surface area contributed by atoms with Crippen molar-refractivity contribution in [2.75, 3.05) is 0 Å². The van der Waals surface area contributed by atoms with Gasteiger partial charge in [-0.05, 0) is 38.5 Å². The van der Waals surface area contributed by atoms with Crippen LogP contribution in [0.4, 0.5) is 0 Å². The molecule has 0 aliphatic rings. The van der Waals surface area contributed by atoms with Gasteiger partial charge in [0.2, 0.25) is 0 Å². The largest absolute Gasteiger partial charge is 0.481 e. The molecule has 0 aromatic rings. The van der Waals surface area contributed by atoms with E-state index in [0.717, 1.165) is 64.2 Å². The van der Waals surface area contributed by atoms with Crippen LogP contribution in [-0.4, -0.2) is 23.1 Å². The lowest BCUT2D eigenvalue weighted by atomic mass is 10.0. The Morgan fingerprint density at radius 1 is 0.500 bits per heavy atom. The van der Waals surface area contributed by atoms with Crippen LogP contribution < -0.4 is 0 Å². The molecule has 0 fully saturated rings. The first-order chi connectivity index (χ1) is 17.6. The molecule has 0 amide bonds. The standard InChI is InChI=1S/C32H62O4/c1-3-5-7-8-9-10-11-12-13-14-15-16-17-18-20-23-26-30(36-32(35)29-6-4-2)27-24-21-19-22-25-28-31(33)34/h30H,3-29H2,1-2H3,(H,33,34). The number of hydrogen-bond donors (Lipinski definition) is 1. The van der Waals surface area contributed by atoms with Crippen molar-refractivity contribution in [2.45, 2.75) is 193 Å². The highest BCUT2D eigenvalue weighted by atomic mass is 16.5. The molecule has 0 saturated carbocycles. The first kappa shape index (κ1) is 34.9. The summed E-state index contributed by atoms with van der Waals surface area (Å²) in [6, 6.07) is 0. The molecule has 1 atom stereocenters. The predicted octanol–water partition coefficient (Wildman–Crippen LogP) is 10.6. The number of rotatable bonds is 29. The Balaban J connectivity index is 3.74. The van der Waals surface area contributed by atoms with Crippen molar-refractivity contribution in [2.24, 2.45) is 0 Å². The Morgan fingerprint density at radius 3 is 1.25 bits per heavy atom. The van der Waals surface area contributed by atoms with Crippen molar-refractivity contribution in [3.05, 3.63) is 0 Å². The average molecular weight is 511 g/mol. The highest BCUT2D eigenvalue weighted by molar-refractivity contribution is 5.69. The van der Waals surface area contributed by atoms with Crippen LogP contribution in [0.3, 0.4) is 0 Å². The molecule has 0 aromatic carbocycles. The zero-order valence-corrected chi connectivity index (χ0v) is 24.3. The van der Waals surface area contributed by atoms with E-state index in [9.17, 15) is 9.59 Å². The van der Waals surface area contributed by atoms with E-state index in [2.05, 4.69) is 13.8 Å². The summed E-state index contributed by atoms with van der Waals surface area (Å²) in [5.41, 5.74) is 0. The van der Waals surface area contributed by atoms with Crippen molar-refractivity contribution < 1.29 is 19.4 Å². The Morgan fingerprint density at radius 2 is 0.861 bits per heavy atom. The highest BCUT2D eigenvalue weighted by Gasteiger charge is 2.14. The van der Waals surface area contributed by atoms with Gasteiger partial charge in [0.1, 0.15) is 6.10 Å². The van der Waals surface area contributed by atoms with Crippen molar-refractivity contribution in [3.63, 3.8) is 0 Å². The summed E-state index contributed by atoms with van der Waals surface area (Å²) in [6.07, 6.45) is 31.7. The summed E-state index contributed by atoms with van der Waals surface area (Å²) < 4.78 is 5.82. The summed E-state index contributed by atoms with van der Waals surface area (Å²) in [5.74, 6) is -0.729. The van der Waals surface area contributed by atoms with Gasteiger partial charge in [-0.25, -0.2) is 0 Å². The summed E-state index contributed by atoms with van der Waals surface area (Å²) in [5, 5.41) is 8.72. The zero-order valence-electron chi connectivity index (χ0n) is 24.3. The Labute approximate surface area is 224 Å². The predicted molar refractivity (Wildman–Crippen MR) is 154 cm³/mol. The van der Waals surface area contributed by atoms with Gasteiger partial charge in [-0.2, -0.15) is 0 Å². The first-order valence-corrected chi connectivity index (χ1v) is 16.0. The molecular formula is C32H62O4. The number of carboxylic acids is 1. The topological polar surface area (TPSA) is 63.6 Å². The maximum absolute atomic E-state index is 12.1. The molecule has 4 nitrogen and oxygen atoms in total. The van der Waals surface area contributed by atoms with Gasteiger partial charge < -0.3 is 9.84 Å². The second kappa shape index (κ2) is 28.5. The molecule has 0 spiro atoms. The molecule has 0 aliphatic carbocycles. The van der Waals surface area contributed by atoms with Crippen molar-refractivity contribution in [1.29, 1.82) is 0 Å². The Bertz CT molecular complexity index is 477. The third-order valence-electron chi connectivity index (χ3n) is 7.33. The molecule has 0 saturated heterocycles. The van der Waals surface area contributed by atoms with E-state index >= 15 is 0 Å². The summed E-state index contributed by atoms with van der Waals surface area (Å²) in [7, 11) is 0. The fourth-order valence-electron chi connectivity index (χ4n) is 4.93. The molecule has 36 heavy (non-hydrogen) atoms. The molecular weight excluding hydrogens is 448 g/mol. The maximum atomic E-state index is 12.1. The number of carbonyl (C=O) groups excluding carboxylic acids is 1. The molecule has 4 heteroatoms. The van der Waals surface area contributed by atoms with E-state index in [-0.39, 0.29) is 18.5 Å². The molecule has 0 radical (unpaired) electrons. The smallest absolute Gasteiger partial charge is 0.306 e. The van der Waals surface area contributed by atoms with Crippen molar-refractivity contribution in [3.8, 4) is 0 Å². The zero-order chi connectivity index (χ0) is 26.5. The molecule has 1 unspecified atom stereocenters. The monoisotopic (exact) mass is 510 g/mol. The normalized spacial score (nSPS) is 12.1. The van der Waals surface area contributed by atoms with Crippen LogP contribution in [0.5, 0.6) is 0 Å². The summed E-state index contributed by atoms with van der Waals surface area (Å²) >= 11 is 0. The summed E-state index contributed by atoms with van der Waals surface area (Å²) in [4.78, 5) is 22.7. The van der Waals surface area contributed by atoms with Crippen molar-refractivity contribution >= 4 is 11.9 Å². The van der Waals surface area contributed by atoms with Crippen LogP contribution in [0.15, 0.2) is 0 Å². The lowest BCUT2D eigenvalue weighted by molar-refractivity contribution is -0.150. The van der Waals surface area contributed by atoms with Gasteiger partial charge >= 0.3 is 11.9 Å². The number of aliphatic carboxylic acids is 1. The Hall–Kier alpha value is -1.06. The number of esters is 1. The lowest BCUT2D eigenvalue weighted by Crippen LogP contribution is -2.18. The quantitative estimate of drug-likeness (QED) is 0.0802. The van der Waals surface area contributed by atoms with Crippen molar-refractivity contribution in [1.82, 2.24) is 0 Å². The van der Waals surface area contributed by atoms with E-state index in [4.69, 9.17) is 9.84 Å². The fraction of sp³-hybridized carbons (Fsp3) is 0.938. The maximum Gasteiger partial charge on any atom is 0.306 e. The van der Waals surface area contributed by atoms with E-state index in [1.54, 1.807) is 0 Å². The molecule has 0 bridgehead atoms. The number of hydrogen-bond acceptors (Lipinski definition) is 3. The second-order valence-electron chi connectivity index (χ2n) is 11.0. The third-order valence-corrected chi connectivity index (χ3v) is 7.33. The molecule has 0 aromatic heterocycles. The van der Waals surface area contributed by atoms with Gasteiger partial charge in [0, 0.05) is 12.8 Å². The minimum absolute atomic E-state index is 0.0280. The van der Waals surface area contributed by atoms with E-state index < -0.39 is 5.97 Å². The molecule has 0 aliphatic heterocycles. The first-order valence-electron chi connectivity index (χ1n) is 16.0. The minimum Gasteiger partial charge on any atom is -0.481 e. The van der Waals surface area contributed by atoms with E-state index in [1.807, 2.05) is 0 Å². The number of ether oxygens (including phenoxy) is 1. The van der Waals surface area contributed by atoms with Crippen LogP contribution in [0.1, 0.15) is 187 Å². The molecule has 214 valence electrons. The van der Waals surface area contributed by atoms with Crippen LogP contribution in [-0.2, 0) is 14.3 Å². The van der Waals surface area contributed by atoms with Gasteiger partial charge in [0.15, 0.2) is 0 Å². The van der Waals surface area contributed by atoms with Gasteiger partial charge in [-0.3, -0.25) is 9.59 Å². The highest BCUT2D eigenvalue weighted by Crippen LogP contribution is 2.18. The lowest BCUT2D eigenvalue weighted by Gasteiger charge is -2.18. The number of carboxylic acid groups (broad SMARTS) is 1. The van der Waals surface area contributed by atoms with E-state index in [0.29, 0.717) is 6.42 Å². The van der Waals surface area contributed by atoms with Crippen LogP contribution in [0, 0.1) is 0 Å². The third kappa shape index (κ3) is 27.5. The van der Waals surface area contributed by atoms with Crippen LogP contribution in [0.25, 0.3) is 0 Å². The van der Waals surface area contributed by atoms with Gasteiger partial charge in [0.05, 0.1) is 0 Å². The van der Waals surface area contributed by atoms with Gasteiger partial charge in [0.25, 0.3) is 0 Å². The molecule has 0 rings (SSSR count). The minimum atomic E-state index is -0.701. The SMILES string of the molecule is CCCCCCCCCCCCCCCCCCC(CCCCCCCC(=O)O)OC(=O)CCCC. The van der Waals surface area contributed by atoms with Crippen LogP contribution >= 0.6 is 0 Å². The fourth-order valence-corrected chi connectivity index (χ4v) is 4.93. The average Bonchev–Trinajstić information content (AvgIpc) is 2.86. The number of unbranched alkanes of at least 4 members (excludes halogenated alkanes) is 20. The van der Waals surface area contributed by atoms with Crippen LogP contribution in [0.2, 0.25) is 0 Å². The summed E-state index contributed by atoms with van der Waals surface area (Å²) in [6.45, 7) is 4.39. The van der Waals surface area contributed by atoms with E-state index in [1.165, 1.54) is 96.3 Å². The Kier molecular flexibility index (Phi) is 27.7. The van der Waals surface area contributed by atoms with Gasteiger partial charge in [-0.1, -0.05) is 136 Å². The number of carbonyl (C=O) groups is 2. The van der Waals surface area contributed by atoms with Gasteiger partial charge in [-0.15, -0.1) is 0 Å². The molecule has 1 N–H and O–H groups in total. The second-order valence-corrected chi connectivity index (χ2v) is 11.0.